The first-order valence-electron chi connectivity index (χ1n) is 6.33. The molecule has 1 aliphatic rings. The molecule has 102 valence electrons. The van der Waals surface area contributed by atoms with Crippen LogP contribution in [0.15, 0.2) is 12.1 Å². The molecule has 1 aromatic rings. The number of piperidine rings is 1. The minimum Gasteiger partial charge on any atom is -0.365 e. The van der Waals surface area contributed by atoms with E-state index >= 15 is 0 Å². The van der Waals surface area contributed by atoms with Crippen molar-refractivity contribution in [2.24, 2.45) is 0 Å². The molecule has 0 aliphatic carbocycles. The molecule has 0 spiro atoms. The summed E-state index contributed by atoms with van der Waals surface area (Å²) in [6, 6.07) is 4.24. The summed E-state index contributed by atoms with van der Waals surface area (Å²) in [6.45, 7) is 1.25. The summed E-state index contributed by atoms with van der Waals surface area (Å²) in [6.07, 6.45) is 1.94. The summed E-state index contributed by atoms with van der Waals surface area (Å²) in [5.74, 6) is -1.31. The number of nitriles is 1. The van der Waals surface area contributed by atoms with Crippen molar-refractivity contribution < 1.29 is 8.78 Å². The molecular formula is C14H17F2N3. The second kappa shape index (κ2) is 5.54. The fourth-order valence-corrected chi connectivity index (χ4v) is 2.51. The summed E-state index contributed by atoms with van der Waals surface area (Å²) in [7, 11) is 3.94. The topological polar surface area (TPSA) is 30.3 Å². The van der Waals surface area contributed by atoms with Crippen molar-refractivity contribution in [2.75, 3.05) is 32.1 Å². The Hall–Kier alpha value is -1.67. The first-order valence-corrected chi connectivity index (χ1v) is 6.33. The summed E-state index contributed by atoms with van der Waals surface area (Å²) in [5, 5.41) is 8.70. The lowest BCUT2D eigenvalue weighted by Crippen LogP contribution is -2.45. The Bertz CT molecular complexity index is 485. The normalized spacial score (nSPS) is 19.6. The monoisotopic (exact) mass is 265 g/mol. The maximum absolute atomic E-state index is 14.0. The lowest BCUT2D eigenvalue weighted by Gasteiger charge is -2.37. The molecule has 1 fully saturated rings. The Balaban J connectivity index is 2.29. The predicted molar refractivity (Wildman–Crippen MR) is 70.0 cm³/mol. The van der Waals surface area contributed by atoms with Gasteiger partial charge in [0.2, 0.25) is 0 Å². The first-order chi connectivity index (χ1) is 9.02. The third-order valence-electron chi connectivity index (χ3n) is 3.59. The van der Waals surface area contributed by atoms with Gasteiger partial charge in [-0.25, -0.2) is 8.78 Å². The summed E-state index contributed by atoms with van der Waals surface area (Å²) in [5.41, 5.74) is 0.00506. The van der Waals surface area contributed by atoms with Crippen LogP contribution in [-0.4, -0.2) is 38.1 Å². The van der Waals surface area contributed by atoms with Crippen molar-refractivity contribution in [3.8, 4) is 6.07 Å². The number of hydrogen-bond acceptors (Lipinski definition) is 3. The summed E-state index contributed by atoms with van der Waals surface area (Å²) < 4.78 is 27.9. The van der Waals surface area contributed by atoms with Crippen molar-refractivity contribution in [1.82, 2.24) is 4.90 Å². The Morgan fingerprint density at radius 3 is 2.47 bits per heavy atom. The zero-order valence-electron chi connectivity index (χ0n) is 11.2. The van der Waals surface area contributed by atoms with Crippen molar-refractivity contribution in [3.05, 3.63) is 29.3 Å². The standard InChI is InChI=1S/C14H17F2N3/c1-18(2)11-4-3-5-19(9-11)14-12(15)6-10(8-17)7-13(14)16/h6-7,11H,3-5,9H2,1-2H3. The van der Waals surface area contributed by atoms with Gasteiger partial charge in [0.1, 0.15) is 5.69 Å². The van der Waals surface area contributed by atoms with Crippen LogP contribution in [-0.2, 0) is 0 Å². The highest BCUT2D eigenvalue weighted by atomic mass is 19.1. The molecule has 2 rings (SSSR count). The van der Waals surface area contributed by atoms with E-state index in [0.717, 1.165) is 25.0 Å². The number of hydrogen-bond donors (Lipinski definition) is 0. The van der Waals surface area contributed by atoms with Crippen LogP contribution in [0.5, 0.6) is 0 Å². The SMILES string of the molecule is CN(C)C1CCCN(c2c(F)cc(C#N)cc2F)C1. The smallest absolute Gasteiger partial charge is 0.150 e. The lowest BCUT2D eigenvalue weighted by atomic mass is 10.0. The van der Waals surface area contributed by atoms with Crippen LogP contribution in [0.1, 0.15) is 18.4 Å². The Labute approximate surface area is 112 Å². The minimum absolute atomic E-state index is 0.00875. The number of halogens is 2. The maximum atomic E-state index is 14.0. The maximum Gasteiger partial charge on any atom is 0.150 e. The van der Waals surface area contributed by atoms with Gasteiger partial charge >= 0.3 is 0 Å². The third-order valence-corrected chi connectivity index (χ3v) is 3.59. The number of nitrogens with zero attached hydrogens (tertiary/aromatic N) is 3. The van der Waals surface area contributed by atoms with Gasteiger partial charge < -0.3 is 9.80 Å². The fraction of sp³-hybridized carbons (Fsp3) is 0.500. The predicted octanol–water partition coefficient (Wildman–Crippen LogP) is 2.37. The van der Waals surface area contributed by atoms with E-state index in [1.807, 2.05) is 14.1 Å². The molecule has 0 amide bonds. The molecule has 3 nitrogen and oxygen atoms in total. The molecular weight excluding hydrogens is 248 g/mol. The van der Waals surface area contributed by atoms with Gasteiger partial charge in [0.05, 0.1) is 11.6 Å². The van der Waals surface area contributed by atoms with Crippen LogP contribution >= 0.6 is 0 Å². The highest BCUT2D eigenvalue weighted by Gasteiger charge is 2.25. The molecule has 19 heavy (non-hydrogen) atoms. The van der Waals surface area contributed by atoms with Crippen molar-refractivity contribution >= 4 is 5.69 Å². The molecule has 5 heteroatoms. The van der Waals surface area contributed by atoms with Gasteiger partial charge in [0.25, 0.3) is 0 Å². The van der Waals surface area contributed by atoms with Crippen LogP contribution in [0, 0.1) is 23.0 Å². The average molecular weight is 265 g/mol. The van der Waals surface area contributed by atoms with E-state index in [0.29, 0.717) is 19.1 Å². The Kier molecular flexibility index (Phi) is 4.01. The van der Waals surface area contributed by atoms with Crippen molar-refractivity contribution in [2.45, 2.75) is 18.9 Å². The quantitative estimate of drug-likeness (QED) is 0.822. The van der Waals surface area contributed by atoms with Crippen molar-refractivity contribution in [3.63, 3.8) is 0 Å². The van der Waals surface area contributed by atoms with Gasteiger partial charge in [-0.3, -0.25) is 0 Å². The second-order valence-corrected chi connectivity index (χ2v) is 5.11. The van der Waals surface area contributed by atoms with E-state index < -0.39 is 11.6 Å². The lowest BCUT2D eigenvalue weighted by molar-refractivity contribution is 0.256. The van der Waals surface area contributed by atoms with Gasteiger partial charge in [0.15, 0.2) is 11.6 Å². The number of benzene rings is 1. The van der Waals surface area contributed by atoms with Crippen LogP contribution < -0.4 is 4.90 Å². The van der Waals surface area contributed by atoms with Gasteiger partial charge in [-0.05, 0) is 39.1 Å². The zero-order valence-corrected chi connectivity index (χ0v) is 11.2. The number of rotatable bonds is 2. The Morgan fingerprint density at radius 1 is 1.32 bits per heavy atom. The fourth-order valence-electron chi connectivity index (χ4n) is 2.51. The van der Waals surface area contributed by atoms with Crippen LogP contribution in [0.3, 0.4) is 0 Å². The highest BCUT2D eigenvalue weighted by molar-refractivity contribution is 5.53. The minimum atomic E-state index is -0.657. The van der Waals surface area contributed by atoms with E-state index in [-0.39, 0.29) is 11.3 Å². The van der Waals surface area contributed by atoms with E-state index in [4.69, 9.17) is 5.26 Å². The van der Waals surface area contributed by atoms with Crippen molar-refractivity contribution in [1.29, 1.82) is 5.26 Å². The number of likely N-dealkylation sites (N-methyl/N-ethyl adjacent to an activating group) is 1. The van der Waals surface area contributed by atoms with Crippen LogP contribution in [0.25, 0.3) is 0 Å². The average Bonchev–Trinajstić information content (AvgIpc) is 2.38. The number of anilines is 1. The summed E-state index contributed by atoms with van der Waals surface area (Å²) in [4.78, 5) is 3.81. The van der Waals surface area contributed by atoms with E-state index in [1.165, 1.54) is 0 Å². The second-order valence-electron chi connectivity index (χ2n) is 5.11. The van der Waals surface area contributed by atoms with Gasteiger partial charge in [-0.1, -0.05) is 0 Å². The highest BCUT2D eigenvalue weighted by Crippen LogP contribution is 2.28. The molecule has 0 radical (unpaired) electrons. The van der Waals surface area contributed by atoms with E-state index in [9.17, 15) is 8.78 Å². The third kappa shape index (κ3) is 2.85. The molecule has 0 saturated carbocycles. The zero-order chi connectivity index (χ0) is 14.0. The molecule has 1 unspecified atom stereocenters. The largest absolute Gasteiger partial charge is 0.365 e. The molecule has 1 aliphatic heterocycles. The summed E-state index contributed by atoms with van der Waals surface area (Å²) >= 11 is 0. The molecule has 1 saturated heterocycles. The Morgan fingerprint density at radius 2 is 1.95 bits per heavy atom. The van der Waals surface area contributed by atoms with E-state index in [1.54, 1.807) is 11.0 Å². The van der Waals surface area contributed by atoms with Gasteiger partial charge in [-0.2, -0.15) is 5.26 Å². The van der Waals surface area contributed by atoms with Gasteiger partial charge in [-0.15, -0.1) is 0 Å². The van der Waals surface area contributed by atoms with Crippen LogP contribution in [0.4, 0.5) is 14.5 Å². The molecule has 1 aromatic carbocycles. The van der Waals surface area contributed by atoms with Gasteiger partial charge in [0, 0.05) is 19.1 Å². The molecule has 1 atom stereocenters. The molecule has 0 bridgehead atoms. The molecule has 1 heterocycles. The molecule has 0 aromatic heterocycles. The molecule has 0 N–H and O–H groups in total. The van der Waals surface area contributed by atoms with Crippen LogP contribution in [0.2, 0.25) is 0 Å². The first kappa shape index (κ1) is 13.8. The van der Waals surface area contributed by atoms with E-state index in [2.05, 4.69) is 4.90 Å².